The van der Waals surface area contributed by atoms with Crippen LogP contribution in [0.5, 0.6) is 0 Å². The van der Waals surface area contributed by atoms with Crippen molar-refractivity contribution in [1.82, 2.24) is 24.8 Å². The van der Waals surface area contributed by atoms with Crippen molar-refractivity contribution in [3.63, 3.8) is 0 Å². The average molecular weight is 333 g/mol. The molecule has 0 amide bonds. The average Bonchev–Trinajstić information content (AvgIpc) is 2.60. The van der Waals surface area contributed by atoms with Crippen molar-refractivity contribution in [3.8, 4) is 0 Å². The van der Waals surface area contributed by atoms with Crippen molar-refractivity contribution in [1.29, 1.82) is 0 Å². The Balaban J connectivity index is 1.52. The van der Waals surface area contributed by atoms with Crippen molar-refractivity contribution in [2.24, 2.45) is 0 Å². The van der Waals surface area contributed by atoms with Gasteiger partial charge >= 0.3 is 0 Å². The van der Waals surface area contributed by atoms with E-state index in [2.05, 4.69) is 35.6 Å². The van der Waals surface area contributed by atoms with Gasteiger partial charge in [0, 0.05) is 48.9 Å². The normalized spacial score (nSPS) is 15.3. The summed E-state index contributed by atoms with van der Waals surface area (Å²) in [5.74, 6) is 0.931. The second-order valence-electron chi connectivity index (χ2n) is 7.73. The molecule has 0 saturated carbocycles. The van der Waals surface area contributed by atoms with Crippen molar-refractivity contribution >= 4 is 11.0 Å². The van der Waals surface area contributed by atoms with E-state index in [4.69, 9.17) is 9.97 Å². The Morgan fingerprint density at radius 3 is 2.60 bits per heavy atom. The van der Waals surface area contributed by atoms with Crippen LogP contribution < -0.4 is 0 Å². The van der Waals surface area contributed by atoms with Crippen LogP contribution in [0.2, 0.25) is 0 Å². The fraction of sp³-hybridized carbons (Fsp3) is 0.400. The van der Waals surface area contributed by atoms with E-state index >= 15 is 0 Å². The van der Waals surface area contributed by atoms with Crippen molar-refractivity contribution in [3.05, 3.63) is 59.4 Å². The molecule has 4 rings (SSSR count). The summed E-state index contributed by atoms with van der Waals surface area (Å²) >= 11 is 0. The molecule has 1 aromatic carbocycles. The minimum absolute atomic E-state index is 0.00709. The van der Waals surface area contributed by atoms with Gasteiger partial charge in [0.25, 0.3) is 0 Å². The SMILES string of the molecule is CC(C)(C)c1ncc2c(n1)CCN(Cc1cnc3ccccc3n1)C2. The Kier molecular flexibility index (Phi) is 3.96. The fourth-order valence-electron chi connectivity index (χ4n) is 3.17. The third-order valence-electron chi connectivity index (χ3n) is 4.57. The number of aromatic nitrogens is 4. The van der Waals surface area contributed by atoms with Gasteiger partial charge in [0.05, 0.1) is 22.9 Å². The Morgan fingerprint density at radius 1 is 1.00 bits per heavy atom. The molecule has 3 aromatic rings. The molecule has 5 heteroatoms. The minimum atomic E-state index is -0.00709. The standard InChI is InChI=1S/C20H23N5/c1-20(2,3)19-22-10-14-12-25(9-8-16(14)24-19)13-15-11-21-17-6-4-5-7-18(17)23-15/h4-7,10-11H,8-9,12-13H2,1-3H3. The summed E-state index contributed by atoms with van der Waals surface area (Å²) in [6.45, 7) is 9.13. The third kappa shape index (κ3) is 3.37. The van der Waals surface area contributed by atoms with Crippen molar-refractivity contribution in [2.75, 3.05) is 6.54 Å². The maximum Gasteiger partial charge on any atom is 0.133 e. The molecular weight excluding hydrogens is 310 g/mol. The number of rotatable bonds is 2. The van der Waals surface area contributed by atoms with Crippen molar-refractivity contribution in [2.45, 2.75) is 45.7 Å². The molecule has 1 aliphatic rings. The maximum atomic E-state index is 4.80. The first kappa shape index (κ1) is 16.1. The third-order valence-corrected chi connectivity index (χ3v) is 4.57. The largest absolute Gasteiger partial charge is 0.293 e. The van der Waals surface area contributed by atoms with Crippen LogP contribution in [0, 0.1) is 0 Å². The number of nitrogens with zero attached hydrogens (tertiary/aromatic N) is 5. The number of benzene rings is 1. The Morgan fingerprint density at radius 2 is 1.80 bits per heavy atom. The van der Waals surface area contributed by atoms with Gasteiger partial charge < -0.3 is 0 Å². The first-order valence-corrected chi connectivity index (χ1v) is 8.77. The molecule has 2 aromatic heterocycles. The van der Waals surface area contributed by atoms with E-state index < -0.39 is 0 Å². The van der Waals surface area contributed by atoms with Gasteiger partial charge in [0.1, 0.15) is 5.82 Å². The number of hydrogen-bond acceptors (Lipinski definition) is 5. The summed E-state index contributed by atoms with van der Waals surface area (Å²) < 4.78 is 0. The molecule has 0 fully saturated rings. The lowest BCUT2D eigenvalue weighted by atomic mass is 9.95. The molecule has 0 bridgehead atoms. The summed E-state index contributed by atoms with van der Waals surface area (Å²) in [6.07, 6.45) is 4.85. The van der Waals surface area contributed by atoms with Crippen LogP contribution >= 0.6 is 0 Å². The fourth-order valence-corrected chi connectivity index (χ4v) is 3.17. The number of para-hydroxylation sites is 2. The number of hydrogen-bond donors (Lipinski definition) is 0. The molecule has 25 heavy (non-hydrogen) atoms. The molecule has 0 spiro atoms. The second-order valence-corrected chi connectivity index (χ2v) is 7.73. The molecule has 3 heterocycles. The summed E-state index contributed by atoms with van der Waals surface area (Å²) in [6, 6.07) is 8.00. The van der Waals surface area contributed by atoms with Crippen LogP contribution in [0.4, 0.5) is 0 Å². The van der Waals surface area contributed by atoms with Crippen LogP contribution in [-0.4, -0.2) is 31.4 Å². The lowest BCUT2D eigenvalue weighted by molar-refractivity contribution is 0.239. The lowest BCUT2D eigenvalue weighted by Gasteiger charge is -2.28. The van der Waals surface area contributed by atoms with Crippen LogP contribution in [-0.2, 0) is 24.9 Å². The van der Waals surface area contributed by atoms with Crippen LogP contribution in [0.3, 0.4) is 0 Å². The summed E-state index contributed by atoms with van der Waals surface area (Å²) in [4.78, 5) is 21.0. The van der Waals surface area contributed by atoms with E-state index in [1.807, 2.05) is 36.7 Å². The van der Waals surface area contributed by atoms with Crippen LogP contribution in [0.15, 0.2) is 36.7 Å². The lowest BCUT2D eigenvalue weighted by Crippen LogP contribution is -2.32. The predicted octanol–water partition coefficient (Wildman–Crippen LogP) is 3.28. The zero-order valence-electron chi connectivity index (χ0n) is 15.0. The first-order chi connectivity index (χ1) is 12.0. The molecular formula is C20H23N5. The highest BCUT2D eigenvalue weighted by Crippen LogP contribution is 2.23. The van der Waals surface area contributed by atoms with E-state index in [1.165, 1.54) is 11.3 Å². The molecule has 0 radical (unpaired) electrons. The molecule has 0 saturated heterocycles. The Labute approximate surface area is 148 Å². The predicted molar refractivity (Wildman–Crippen MR) is 98.1 cm³/mol. The topological polar surface area (TPSA) is 54.8 Å². The van der Waals surface area contributed by atoms with Crippen molar-refractivity contribution < 1.29 is 0 Å². The van der Waals surface area contributed by atoms with E-state index in [0.29, 0.717) is 0 Å². The van der Waals surface area contributed by atoms with Gasteiger partial charge in [-0.3, -0.25) is 9.88 Å². The van der Waals surface area contributed by atoms with Gasteiger partial charge in [0.2, 0.25) is 0 Å². The van der Waals surface area contributed by atoms with Crippen LogP contribution in [0.1, 0.15) is 43.5 Å². The first-order valence-electron chi connectivity index (χ1n) is 8.77. The molecule has 0 aliphatic carbocycles. The van der Waals surface area contributed by atoms with Gasteiger partial charge in [-0.15, -0.1) is 0 Å². The van der Waals surface area contributed by atoms with E-state index in [0.717, 1.165) is 48.6 Å². The van der Waals surface area contributed by atoms with Gasteiger partial charge in [-0.2, -0.15) is 0 Å². The molecule has 0 unspecified atom stereocenters. The van der Waals surface area contributed by atoms with Gasteiger partial charge in [0.15, 0.2) is 0 Å². The Hall–Kier alpha value is -2.40. The van der Waals surface area contributed by atoms with Crippen LogP contribution in [0.25, 0.3) is 11.0 Å². The second kappa shape index (κ2) is 6.15. The molecule has 5 nitrogen and oxygen atoms in total. The quantitative estimate of drug-likeness (QED) is 0.720. The highest BCUT2D eigenvalue weighted by molar-refractivity contribution is 5.73. The smallest absolute Gasteiger partial charge is 0.133 e. The highest BCUT2D eigenvalue weighted by atomic mass is 15.1. The van der Waals surface area contributed by atoms with Gasteiger partial charge in [-0.25, -0.2) is 15.0 Å². The molecule has 0 atom stereocenters. The summed E-state index contributed by atoms with van der Waals surface area (Å²) in [7, 11) is 0. The van der Waals surface area contributed by atoms with E-state index in [9.17, 15) is 0 Å². The monoisotopic (exact) mass is 333 g/mol. The number of fused-ring (bicyclic) bond motifs is 2. The summed E-state index contributed by atoms with van der Waals surface area (Å²) in [5.41, 5.74) is 5.32. The minimum Gasteiger partial charge on any atom is -0.293 e. The van der Waals surface area contributed by atoms with E-state index in [-0.39, 0.29) is 5.41 Å². The highest BCUT2D eigenvalue weighted by Gasteiger charge is 2.23. The van der Waals surface area contributed by atoms with E-state index in [1.54, 1.807) is 0 Å². The zero-order valence-corrected chi connectivity index (χ0v) is 15.0. The molecule has 0 N–H and O–H groups in total. The maximum absolute atomic E-state index is 4.80. The Bertz CT molecular complexity index is 913. The molecule has 1 aliphatic heterocycles. The van der Waals surface area contributed by atoms with Gasteiger partial charge in [-0.1, -0.05) is 32.9 Å². The zero-order chi connectivity index (χ0) is 17.4. The van der Waals surface area contributed by atoms with Gasteiger partial charge in [-0.05, 0) is 12.1 Å². The molecule has 128 valence electrons. The summed E-state index contributed by atoms with van der Waals surface area (Å²) in [5, 5.41) is 0.